The van der Waals surface area contributed by atoms with Crippen molar-refractivity contribution in [2.75, 3.05) is 17.7 Å². The fourth-order valence-electron chi connectivity index (χ4n) is 2.90. The zero-order valence-corrected chi connectivity index (χ0v) is 16.8. The Morgan fingerprint density at radius 2 is 1.81 bits per heavy atom. The molecule has 4 rings (SSSR count). The van der Waals surface area contributed by atoms with Crippen molar-refractivity contribution in [3.63, 3.8) is 0 Å². The van der Waals surface area contributed by atoms with Crippen molar-refractivity contribution in [3.05, 3.63) is 82.9 Å². The van der Waals surface area contributed by atoms with Crippen LogP contribution >= 0.6 is 0 Å². The van der Waals surface area contributed by atoms with Crippen LogP contribution in [0.15, 0.2) is 72.8 Å². The molecule has 3 aromatic carbocycles. The van der Waals surface area contributed by atoms with Gasteiger partial charge in [0.2, 0.25) is 5.82 Å². The first kappa shape index (κ1) is 20.5. The van der Waals surface area contributed by atoms with E-state index in [1.54, 1.807) is 37.4 Å². The third-order valence-electron chi connectivity index (χ3n) is 4.45. The quantitative estimate of drug-likeness (QED) is 0.349. The molecule has 0 aliphatic carbocycles. The average Bonchev–Trinajstić information content (AvgIpc) is 3.30. The van der Waals surface area contributed by atoms with Gasteiger partial charge in [0, 0.05) is 29.4 Å². The number of anilines is 2. The zero-order valence-electron chi connectivity index (χ0n) is 16.8. The van der Waals surface area contributed by atoms with E-state index >= 15 is 0 Å². The first-order valence-electron chi connectivity index (χ1n) is 9.40. The zero-order chi connectivity index (χ0) is 22.5. The SMILES string of the molecule is COc1cccc(-n2nnc(-c3ccccc3NC(=O)Nc3ccc([N+](=O)[O-])cc3)n2)c1. The number of nitro groups is 1. The predicted molar refractivity (Wildman–Crippen MR) is 117 cm³/mol. The molecule has 32 heavy (non-hydrogen) atoms. The molecule has 11 heteroatoms. The Hall–Kier alpha value is -4.80. The van der Waals surface area contributed by atoms with Crippen molar-refractivity contribution in [2.24, 2.45) is 0 Å². The Morgan fingerprint density at radius 3 is 2.56 bits per heavy atom. The smallest absolute Gasteiger partial charge is 0.323 e. The Labute approximate surface area is 181 Å². The Kier molecular flexibility index (Phi) is 5.70. The molecule has 0 atom stereocenters. The lowest BCUT2D eigenvalue weighted by Gasteiger charge is -2.10. The second-order valence-corrected chi connectivity index (χ2v) is 6.53. The van der Waals surface area contributed by atoms with Gasteiger partial charge in [-0.05, 0) is 41.6 Å². The molecule has 0 saturated carbocycles. The third kappa shape index (κ3) is 4.51. The average molecular weight is 431 g/mol. The van der Waals surface area contributed by atoms with Crippen LogP contribution in [0.1, 0.15) is 0 Å². The maximum absolute atomic E-state index is 12.4. The second kappa shape index (κ2) is 8.92. The molecule has 4 aromatic rings. The third-order valence-corrected chi connectivity index (χ3v) is 4.45. The number of hydrogen-bond donors (Lipinski definition) is 2. The first-order chi connectivity index (χ1) is 15.5. The van der Waals surface area contributed by atoms with Crippen LogP contribution in [0.25, 0.3) is 17.1 Å². The number of non-ortho nitro benzene ring substituents is 1. The Balaban J connectivity index is 1.52. The van der Waals surface area contributed by atoms with E-state index in [1.807, 2.05) is 18.2 Å². The van der Waals surface area contributed by atoms with Crippen molar-refractivity contribution < 1.29 is 14.5 Å². The van der Waals surface area contributed by atoms with E-state index in [2.05, 4.69) is 26.0 Å². The van der Waals surface area contributed by atoms with Crippen LogP contribution in [-0.4, -0.2) is 38.3 Å². The summed E-state index contributed by atoms with van der Waals surface area (Å²) in [6, 6.07) is 19.2. The van der Waals surface area contributed by atoms with Crippen LogP contribution in [0, 0.1) is 10.1 Å². The molecule has 0 aliphatic heterocycles. The molecule has 0 aliphatic rings. The molecule has 2 N–H and O–H groups in total. The maximum atomic E-state index is 12.4. The molecule has 0 bridgehead atoms. The number of nitro benzene ring substituents is 1. The minimum atomic E-state index is -0.522. The van der Waals surface area contributed by atoms with Crippen LogP contribution in [-0.2, 0) is 0 Å². The van der Waals surface area contributed by atoms with Crippen molar-refractivity contribution in [3.8, 4) is 22.8 Å². The number of hydrogen-bond acceptors (Lipinski definition) is 7. The number of ether oxygens (including phenoxy) is 1. The number of rotatable bonds is 6. The van der Waals surface area contributed by atoms with Gasteiger partial charge >= 0.3 is 6.03 Å². The molecule has 0 unspecified atom stereocenters. The van der Waals surface area contributed by atoms with Gasteiger partial charge in [-0.3, -0.25) is 10.1 Å². The van der Waals surface area contributed by atoms with Crippen LogP contribution in [0.4, 0.5) is 21.9 Å². The number of para-hydroxylation sites is 1. The highest BCUT2D eigenvalue weighted by atomic mass is 16.6. The molecule has 2 amide bonds. The molecular formula is C21H17N7O4. The number of carbonyl (C=O) groups excluding carboxylic acids is 1. The topological polar surface area (TPSA) is 137 Å². The van der Waals surface area contributed by atoms with Gasteiger partial charge in [-0.15, -0.1) is 15.0 Å². The molecule has 160 valence electrons. The van der Waals surface area contributed by atoms with E-state index < -0.39 is 11.0 Å². The van der Waals surface area contributed by atoms with Gasteiger partial charge in [-0.25, -0.2) is 4.79 Å². The van der Waals surface area contributed by atoms with E-state index in [1.165, 1.54) is 29.1 Å². The largest absolute Gasteiger partial charge is 0.497 e. The normalized spacial score (nSPS) is 10.4. The number of carbonyl (C=O) groups is 1. The highest BCUT2D eigenvalue weighted by molar-refractivity contribution is 6.02. The highest BCUT2D eigenvalue weighted by Crippen LogP contribution is 2.25. The number of benzene rings is 3. The first-order valence-corrected chi connectivity index (χ1v) is 9.40. The highest BCUT2D eigenvalue weighted by Gasteiger charge is 2.14. The van der Waals surface area contributed by atoms with Gasteiger partial charge < -0.3 is 15.4 Å². The fraction of sp³-hybridized carbons (Fsp3) is 0.0476. The van der Waals surface area contributed by atoms with Crippen LogP contribution in [0.2, 0.25) is 0 Å². The molecule has 1 aromatic heterocycles. The predicted octanol–water partition coefficient (Wildman–Crippen LogP) is 3.89. The maximum Gasteiger partial charge on any atom is 0.323 e. The lowest BCUT2D eigenvalue weighted by Crippen LogP contribution is -2.19. The molecular weight excluding hydrogens is 414 g/mol. The van der Waals surface area contributed by atoms with Crippen molar-refractivity contribution in [1.29, 1.82) is 0 Å². The summed E-state index contributed by atoms with van der Waals surface area (Å²) in [7, 11) is 1.57. The number of nitrogens with one attached hydrogen (secondary N) is 2. The summed E-state index contributed by atoms with van der Waals surface area (Å²) in [6.07, 6.45) is 0. The number of tetrazole rings is 1. The number of aromatic nitrogens is 4. The summed E-state index contributed by atoms with van der Waals surface area (Å²) >= 11 is 0. The minimum Gasteiger partial charge on any atom is -0.497 e. The van der Waals surface area contributed by atoms with E-state index in [0.717, 1.165) is 0 Å². The van der Waals surface area contributed by atoms with Crippen molar-refractivity contribution >= 4 is 23.1 Å². The molecule has 0 saturated heterocycles. The monoisotopic (exact) mass is 431 g/mol. The molecule has 0 fully saturated rings. The summed E-state index contributed by atoms with van der Waals surface area (Å²) in [4.78, 5) is 24.1. The van der Waals surface area contributed by atoms with E-state index in [9.17, 15) is 14.9 Å². The summed E-state index contributed by atoms with van der Waals surface area (Å²) < 4.78 is 5.22. The molecule has 1 heterocycles. The van der Waals surface area contributed by atoms with Gasteiger partial charge in [0.25, 0.3) is 5.69 Å². The standard InChI is InChI=1S/C21H17N7O4/c1-32-17-6-4-5-16(13-17)27-25-20(24-26-27)18-7-2-3-8-19(18)23-21(29)22-14-9-11-15(12-10-14)28(30)31/h2-13H,1H3,(H2,22,23,29). The number of methoxy groups -OCH3 is 1. The summed E-state index contributed by atoms with van der Waals surface area (Å²) in [6.45, 7) is 0. The Bertz CT molecular complexity index is 1270. The van der Waals surface area contributed by atoms with Crippen LogP contribution < -0.4 is 15.4 Å². The van der Waals surface area contributed by atoms with Gasteiger partial charge in [0.15, 0.2) is 0 Å². The van der Waals surface area contributed by atoms with Crippen molar-refractivity contribution in [2.45, 2.75) is 0 Å². The van der Waals surface area contributed by atoms with Crippen LogP contribution in [0.3, 0.4) is 0 Å². The molecule has 0 radical (unpaired) electrons. The van der Waals surface area contributed by atoms with Crippen molar-refractivity contribution in [1.82, 2.24) is 20.2 Å². The summed E-state index contributed by atoms with van der Waals surface area (Å²) in [5.74, 6) is 0.977. The van der Waals surface area contributed by atoms with E-state index in [-0.39, 0.29) is 5.69 Å². The lowest BCUT2D eigenvalue weighted by molar-refractivity contribution is -0.384. The summed E-state index contributed by atoms with van der Waals surface area (Å²) in [5.41, 5.74) is 2.06. The summed E-state index contributed by atoms with van der Waals surface area (Å²) in [5, 5.41) is 28.7. The number of amides is 2. The van der Waals surface area contributed by atoms with Gasteiger partial charge in [-0.1, -0.05) is 18.2 Å². The van der Waals surface area contributed by atoms with Gasteiger partial charge in [0.1, 0.15) is 5.75 Å². The van der Waals surface area contributed by atoms with Gasteiger partial charge in [0.05, 0.1) is 23.4 Å². The number of urea groups is 1. The van der Waals surface area contributed by atoms with E-state index in [4.69, 9.17) is 4.74 Å². The molecule has 0 spiro atoms. The minimum absolute atomic E-state index is 0.0634. The fourth-order valence-corrected chi connectivity index (χ4v) is 2.90. The Morgan fingerprint density at radius 1 is 1.03 bits per heavy atom. The number of nitrogens with zero attached hydrogens (tertiary/aromatic N) is 5. The second-order valence-electron chi connectivity index (χ2n) is 6.53. The van der Waals surface area contributed by atoms with Gasteiger partial charge in [-0.2, -0.15) is 0 Å². The van der Waals surface area contributed by atoms with E-state index in [0.29, 0.717) is 34.2 Å². The lowest BCUT2D eigenvalue weighted by atomic mass is 10.1. The molecule has 11 nitrogen and oxygen atoms in total. The van der Waals surface area contributed by atoms with Crippen LogP contribution in [0.5, 0.6) is 5.75 Å².